The average molecular weight is 325 g/mol. The lowest BCUT2D eigenvalue weighted by Crippen LogP contribution is -2.06. The van der Waals surface area contributed by atoms with Gasteiger partial charge in [0.2, 0.25) is 0 Å². The molecule has 100 valence electrons. The molecule has 7 heteroatoms. The number of hydrogen-bond acceptors (Lipinski definition) is 4. The number of hydrogen-bond donors (Lipinski definition) is 1. The van der Waals surface area contributed by atoms with E-state index in [1.54, 1.807) is 18.6 Å². The second-order valence-electron chi connectivity index (χ2n) is 4.00. The predicted molar refractivity (Wildman–Crippen MR) is 76.1 cm³/mol. The standard InChI is InChI=1S/C12H13BrN4O2/c13-11-8-10(17(18)19)2-3-12(11)15-4-1-6-16-7-5-14-9-16/h2-3,5,7-9,15H,1,4,6H2. The number of nitrogens with one attached hydrogen (secondary N) is 1. The van der Waals surface area contributed by atoms with Crippen LogP contribution in [-0.2, 0) is 6.54 Å². The Morgan fingerprint density at radius 3 is 2.95 bits per heavy atom. The molecule has 19 heavy (non-hydrogen) atoms. The summed E-state index contributed by atoms with van der Waals surface area (Å²) < 4.78 is 2.70. The van der Waals surface area contributed by atoms with E-state index in [9.17, 15) is 10.1 Å². The van der Waals surface area contributed by atoms with E-state index in [2.05, 4.69) is 26.2 Å². The first-order valence-electron chi connectivity index (χ1n) is 5.80. The molecule has 6 nitrogen and oxygen atoms in total. The fourth-order valence-electron chi connectivity index (χ4n) is 1.66. The average Bonchev–Trinajstić information content (AvgIpc) is 2.89. The van der Waals surface area contributed by atoms with Crippen LogP contribution in [0.3, 0.4) is 0 Å². The molecule has 0 saturated heterocycles. The second kappa shape index (κ2) is 6.33. The first-order valence-corrected chi connectivity index (χ1v) is 6.59. The molecule has 0 atom stereocenters. The Morgan fingerprint density at radius 2 is 2.32 bits per heavy atom. The van der Waals surface area contributed by atoms with Crippen LogP contribution in [-0.4, -0.2) is 21.0 Å². The van der Waals surface area contributed by atoms with Crippen molar-refractivity contribution in [1.29, 1.82) is 0 Å². The summed E-state index contributed by atoms with van der Waals surface area (Å²) in [6, 6.07) is 4.70. The summed E-state index contributed by atoms with van der Waals surface area (Å²) in [6.45, 7) is 1.67. The van der Waals surface area contributed by atoms with Crippen molar-refractivity contribution in [2.75, 3.05) is 11.9 Å². The van der Waals surface area contributed by atoms with Crippen molar-refractivity contribution < 1.29 is 4.92 Å². The van der Waals surface area contributed by atoms with E-state index in [0.717, 1.165) is 25.2 Å². The van der Waals surface area contributed by atoms with Crippen LogP contribution in [0, 0.1) is 10.1 Å². The zero-order valence-corrected chi connectivity index (χ0v) is 11.7. The molecule has 0 spiro atoms. The Morgan fingerprint density at radius 1 is 1.47 bits per heavy atom. The van der Waals surface area contributed by atoms with Gasteiger partial charge in [0, 0.05) is 47.8 Å². The van der Waals surface area contributed by atoms with Crippen molar-refractivity contribution in [3.63, 3.8) is 0 Å². The maximum Gasteiger partial charge on any atom is 0.270 e. The van der Waals surface area contributed by atoms with Gasteiger partial charge in [-0.05, 0) is 28.4 Å². The van der Waals surface area contributed by atoms with Crippen LogP contribution >= 0.6 is 15.9 Å². The van der Waals surface area contributed by atoms with E-state index in [4.69, 9.17) is 0 Å². The summed E-state index contributed by atoms with van der Waals surface area (Å²) in [7, 11) is 0. The Hall–Kier alpha value is -1.89. The summed E-state index contributed by atoms with van der Waals surface area (Å²) in [5, 5.41) is 13.9. The molecule has 1 aromatic carbocycles. The minimum Gasteiger partial charge on any atom is -0.384 e. The van der Waals surface area contributed by atoms with Crippen LogP contribution in [0.4, 0.5) is 11.4 Å². The number of aryl methyl sites for hydroxylation is 1. The minimum atomic E-state index is -0.409. The van der Waals surface area contributed by atoms with Gasteiger partial charge in [0.1, 0.15) is 0 Å². The number of halogens is 1. The van der Waals surface area contributed by atoms with Crippen LogP contribution in [0.1, 0.15) is 6.42 Å². The van der Waals surface area contributed by atoms with Crippen LogP contribution in [0.15, 0.2) is 41.4 Å². The van der Waals surface area contributed by atoms with E-state index < -0.39 is 4.92 Å². The van der Waals surface area contributed by atoms with Gasteiger partial charge in [0.15, 0.2) is 0 Å². The topological polar surface area (TPSA) is 73.0 Å². The maximum absolute atomic E-state index is 10.6. The quantitative estimate of drug-likeness (QED) is 0.503. The van der Waals surface area contributed by atoms with Gasteiger partial charge in [-0.25, -0.2) is 4.98 Å². The molecule has 0 bridgehead atoms. The summed E-state index contributed by atoms with van der Waals surface area (Å²) in [6.07, 6.45) is 6.39. The molecule has 0 fully saturated rings. The molecule has 0 aliphatic heterocycles. The third-order valence-corrected chi connectivity index (χ3v) is 3.29. The Balaban J connectivity index is 1.84. The molecule has 0 saturated carbocycles. The Labute approximate surface area is 118 Å². The first kappa shape index (κ1) is 13.5. The van der Waals surface area contributed by atoms with Gasteiger partial charge in [-0.3, -0.25) is 10.1 Å². The van der Waals surface area contributed by atoms with E-state index in [-0.39, 0.29) is 5.69 Å². The number of aromatic nitrogens is 2. The highest BCUT2D eigenvalue weighted by atomic mass is 79.9. The van der Waals surface area contributed by atoms with Gasteiger partial charge in [-0.2, -0.15) is 0 Å². The Bertz CT molecular complexity index is 557. The van der Waals surface area contributed by atoms with Gasteiger partial charge in [0.05, 0.1) is 11.3 Å². The Kier molecular flexibility index (Phi) is 4.51. The summed E-state index contributed by atoms with van der Waals surface area (Å²) in [5.74, 6) is 0. The molecule has 1 N–H and O–H groups in total. The van der Waals surface area contributed by atoms with Crippen molar-refractivity contribution >= 4 is 27.3 Å². The zero-order chi connectivity index (χ0) is 13.7. The van der Waals surface area contributed by atoms with E-state index in [1.165, 1.54) is 12.1 Å². The fraction of sp³-hybridized carbons (Fsp3) is 0.250. The van der Waals surface area contributed by atoms with E-state index >= 15 is 0 Å². The second-order valence-corrected chi connectivity index (χ2v) is 4.86. The first-order chi connectivity index (χ1) is 9.16. The number of benzene rings is 1. The van der Waals surface area contributed by atoms with E-state index in [1.807, 2.05) is 10.8 Å². The van der Waals surface area contributed by atoms with Gasteiger partial charge in [-0.1, -0.05) is 0 Å². The molecule has 0 aliphatic carbocycles. The third kappa shape index (κ3) is 3.78. The molecular weight excluding hydrogens is 312 g/mol. The molecule has 0 radical (unpaired) electrons. The number of anilines is 1. The molecule has 0 amide bonds. The lowest BCUT2D eigenvalue weighted by molar-refractivity contribution is -0.384. The maximum atomic E-state index is 10.6. The van der Waals surface area contributed by atoms with Crippen molar-refractivity contribution in [2.45, 2.75) is 13.0 Å². The minimum absolute atomic E-state index is 0.0795. The zero-order valence-electron chi connectivity index (χ0n) is 10.1. The number of rotatable bonds is 6. The number of non-ortho nitro benzene ring substituents is 1. The highest BCUT2D eigenvalue weighted by Gasteiger charge is 2.08. The fourth-order valence-corrected chi connectivity index (χ4v) is 2.17. The SMILES string of the molecule is O=[N+]([O-])c1ccc(NCCCn2ccnc2)c(Br)c1. The lowest BCUT2D eigenvalue weighted by Gasteiger charge is -2.08. The van der Waals surface area contributed by atoms with Gasteiger partial charge >= 0.3 is 0 Å². The van der Waals surface area contributed by atoms with Crippen molar-refractivity contribution in [3.05, 3.63) is 51.5 Å². The monoisotopic (exact) mass is 324 g/mol. The van der Waals surface area contributed by atoms with Gasteiger partial charge in [0.25, 0.3) is 5.69 Å². The van der Waals surface area contributed by atoms with E-state index in [0.29, 0.717) is 4.47 Å². The normalized spacial score (nSPS) is 10.4. The van der Waals surface area contributed by atoms with Gasteiger partial charge < -0.3 is 9.88 Å². The third-order valence-electron chi connectivity index (χ3n) is 2.63. The van der Waals surface area contributed by atoms with Crippen LogP contribution in [0.2, 0.25) is 0 Å². The number of imidazole rings is 1. The number of nitro benzene ring substituents is 1. The van der Waals surface area contributed by atoms with Crippen molar-refractivity contribution in [1.82, 2.24) is 9.55 Å². The highest BCUT2D eigenvalue weighted by molar-refractivity contribution is 9.10. The summed E-state index contributed by atoms with van der Waals surface area (Å²) >= 11 is 3.32. The molecule has 1 aromatic heterocycles. The summed E-state index contributed by atoms with van der Waals surface area (Å²) in [4.78, 5) is 14.2. The molecule has 0 unspecified atom stereocenters. The highest BCUT2D eigenvalue weighted by Crippen LogP contribution is 2.26. The number of nitrogens with zero attached hydrogens (tertiary/aromatic N) is 3. The van der Waals surface area contributed by atoms with Crippen LogP contribution < -0.4 is 5.32 Å². The molecule has 1 heterocycles. The molecule has 0 aliphatic rings. The van der Waals surface area contributed by atoms with Crippen LogP contribution in [0.25, 0.3) is 0 Å². The van der Waals surface area contributed by atoms with Crippen LogP contribution in [0.5, 0.6) is 0 Å². The smallest absolute Gasteiger partial charge is 0.270 e. The lowest BCUT2D eigenvalue weighted by atomic mass is 10.3. The van der Waals surface area contributed by atoms with Crippen molar-refractivity contribution in [3.8, 4) is 0 Å². The molecular formula is C12H13BrN4O2. The predicted octanol–water partition coefficient (Wildman–Crippen LogP) is 3.06. The van der Waals surface area contributed by atoms with Crippen molar-refractivity contribution in [2.24, 2.45) is 0 Å². The largest absolute Gasteiger partial charge is 0.384 e. The summed E-state index contributed by atoms with van der Waals surface area (Å²) in [5.41, 5.74) is 0.937. The molecule has 2 aromatic rings. The van der Waals surface area contributed by atoms with Gasteiger partial charge in [-0.15, -0.1) is 0 Å². The molecule has 2 rings (SSSR count). The number of nitro groups is 1.